The maximum absolute atomic E-state index is 13.2. The molecule has 0 unspecified atom stereocenters. The van der Waals surface area contributed by atoms with Crippen LogP contribution < -0.4 is 4.74 Å². The van der Waals surface area contributed by atoms with E-state index in [0.29, 0.717) is 39.3 Å². The van der Waals surface area contributed by atoms with Gasteiger partial charge in [-0.25, -0.2) is 4.79 Å². The Kier molecular flexibility index (Phi) is 8.18. The number of fused-ring (bicyclic) bond motifs is 1. The van der Waals surface area contributed by atoms with Crippen molar-refractivity contribution in [2.45, 2.75) is 26.3 Å². The number of halogens is 3. The molecule has 4 aromatic rings. The summed E-state index contributed by atoms with van der Waals surface area (Å²) in [4.78, 5) is 17.1. The van der Waals surface area contributed by atoms with E-state index in [1.807, 2.05) is 0 Å². The lowest BCUT2D eigenvalue weighted by atomic mass is 10.0. The lowest BCUT2D eigenvalue weighted by Gasteiger charge is -2.13. The highest BCUT2D eigenvalue weighted by molar-refractivity contribution is 6.15. The maximum atomic E-state index is 13.2. The number of aliphatic carboxylic acids is 1. The Balaban J connectivity index is 1.47. The largest absolute Gasteiger partial charge is 0.503 e. The molecule has 0 aliphatic heterocycles. The fourth-order valence-electron chi connectivity index (χ4n) is 3.85. The summed E-state index contributed by atoms with van der Waals surface area (Å²) in [6, 6.07) is 16.8. The Morgan fingerprint density at radius 2 is 1.77 bits per heavy atom. The van der Waals surface area contributed by atoms with Crippen molar-refractivity contribution in [1.29, 1.82) is 0 Å². The van der Waals surface area contributed by atoms with Crippen molar-refractivity contribution in [3.63, 3.8) is 0 Å². The minimum atomic E-state index is -4.48. The van der Waals surface area contributed by atoms with Gasteiger partial charge in [0.05, 0.1) is 24.3 Å². The molecule has 1 N–H and O–H groups in total. The van der Waals surface area contributed by atoms with Gasteiger partial charge in [-0.15, -0.1) is 0 Å². The lowest BCUT2D eigenvalue weighted by Crippen LogP contribution is -2.10. The molecule has 0 radical (unpaired) electrons. The number of carboxylic acids is 1. The second kappa shape index (κ2) is 11.7. The Morgan fingerprint density at radius 3 is 2.49 bits per heavy atom. The number of carbonyl (C=O) groups is 1. The minimum absolute atomic E-state index is 0.0123. The zero-order chi connectivity index (χ0) is 28.0. The molecule has 3 aromatic carbocycles. The molecule has 1 aromatic heterocycles. The van der Waals surface area contributed by atoms with Gasteiger partial charge in [0.2, 0.25) is 0 Å². The smallest absolute Gasteiger partial charge is 0.416 e. The van der Waals surface area contributed by atoms with Gasteiger partial charge in [0.25, 0.3) is 0 Å². The number of alkyl halides is 3. The first kappa shape index (κ1) is 27.2. The molecule has 0 amide bonds. The molecule has 0 saturated heterocycles. The van der Waals surface area contributed by atoms with Crippen molar-refractivity contribution in [3.05, 3.63) is 101 Å². The van der Waals surface area contributed by atoms with Gasteiger partial charge >= 0.3 is 12.1 Å². The normalized spacial score (nSPS) is 12.4. The quantitative estimate of drug-likeness (QED) is 0.107. The molecule has 4 rings (SSSR count). The second-order valence-corrected chi connectivity index (χ2v) is 8.31. The van der Waals surface area contributed by atoms with E-state index >= 15 is 0 Å². The molecule has 202 valence electrons. The zero-order valence-corrected chi connectivity index (χ0v) is 20.9. The molecule has 39 heavy (non-hydrogen) atoms. The first-order chi connectivity index (χ1) is 18.7. The van der Waals surface area contributed by atoms with Crippen molar-refractivity contribution in [1.82, 2.24) is 5.16 Å². The third-order valence-electron chi connectivity index (χ3n) is 5.70. The molecular weight excluding hydrogens is 517 g/mol. The van der Waals surface area contributed by atoms with Crippen molar-refractivity contribution in [3.8, 4) is 5.75 Å². The number of hydrogen-bond donors (Lipinski definition) is 1. The number of benzene rings is 3. The van der Waals surface area contributed by atoms with Crippen molar-refractivity contribution >= 4 is 28.2 Å². The van der Waals surface area contributed by atoms with E-state index in [0.717, 1.165) is 12.3 Å². The summed E-state index contributed by atoms with van der Waals surface area (Å²) in [5, 5.41) is 18.2. The van der Waals surface area contributed by atoms with E-state index < -0.39 is 17.7 Å². The van der Waals surface area contributed by atoms with Gasteiger partial charge in [0.1, 0.15) is 35.9 Å². The topological polar surface area (TPSA) is 103 Å². The number of methoxy groups -OCH3 is 1. The number of rotatable bonds is 10. The van der Waals surface area contributed by atoms with E-state index in [4.69, 9.17) is 18.8 Å². The van der Waals surface area contributed by atoms with E-state index in [9.17, 15) is 23.1 Å². The number of oxime groups is 1. The van der Waals surface area contributed by atoms with Crippen LogP contribution in [-0.2, 0) is 33.8 Å². The van der Waals surface area contributed by atoms with Gasteiger partial charge in [-0.05, 0) is 30.7 Å². The van der Waals surface area contributed by atoms with E-state index in [1.165, 1.54) is 31.4 Å². The van der Waals surface area contributed by atoms with Crippen LogP contribution in [0.1, 0.15) is 34.9 Å². The Hall–Kier alpha value is -4.80. The second-order valence-electron chi connectivity index (χ2n) is 8.31. The van der Waals surface area contributed by atoms with Crippen LogP contribution in [0, 0.1) is 0 Å². The molecule has 0 saturated carbocycles. The molecule has 11 heteroatoms. The van der Waals surface area contributed by atoms with Gasteiger partial charge in [-0.1, -0.05) is 52.8 Å². The fourth-order valence-corrected chi connectivity index (χ4v) is 3.85. The summed E-state index contributed by atoms with van der Waals surface area (Å²) < 4.78 is 55.5. The third-order valence-corrected chi connectivity index (χ3v) is 5.70. The first-order valence-electron chi connectivity index (χ1n) is 11.6. The van der Waals surface area contributed by atoms with E-state index in [1.54, 1.807) is 43.3 Å². The van der Waals surface area contributed by atoms with Gasteiger partial charge in [0, 0.05) is 17.2 Å². The molecule has 1 heterocycles. The number of carboxylic acid groups (broad SMARTS) is 1. The Bertz CT molecular complexity index is 1540. The van der Waals surface area contributed by atoms with Gasteiger partial charge < -0.3 is 23.9 Å². The van der Waals surface area contributed by atoms with Crippen LogP contribution in [0.3, 0.4) is 0 Å². The van der Waals surface area contributed by atoms with Crippen LogP contribution in [0.15, 0.2) is 82.7 Å². The van der Waals surface area contributed by atoms with Crippen LogP contribution >= 0.6 is 0 Å². The van der Waals surface area contributed by atoms with Crippen molar-refractivity contribution < 1.29 is 41.9 Å². The molecule has 0 aliphatic carbocycles. The summed E-state index contributed by atoms with van der Waals surface area (Å²) in [6.07, 6.45) is -3.34. The van der Waals surface area contributed by atoms with Crippen LogP contribution in [0.25, 0.3) is 16.5 Å². The third kappa shape index (κ3) is 6.38. The molecule has 0 spiro atoms. The number of hydrogen-bond acceptors (Lipinski definition) is 7. The molecular formula is C28H23F3N2O6. The van der Waals surface area contributed by atoms with Gasteiger partial charge in [0.15, 0.2) is 5.58 Å². The first-order valence-corrected chi connectivity index (χ1v) is 11.6. The van der Waals surface area contributed by atoms with E-state index in [2.05, 4.69) is 10.3 Å². The van der Waals surface area contributed by atoms with Crippen molar-refractivity contribution in [2.75, 3.05) is 7.11 Å². The van der Waals surface area contributed by atoms with Gasteiger partial charge in [-0.3, -0.25) is 0 Å². The SMILES string of the molecule is COC=C(C(=O)O)c1ccccc1CON=C(C)c1noc2cc(OCc3ccccc3C(F)(F)F)ccc12. The fraction of sp³-hybridized carbons (Fsp3) is 0.179. The van der Waals surface area contributed by atoms with Crippen molar-refractivity contribution in [2.24, 2.45) is 5.16 Å². The lowest BCUT2D eigenvalue weighted by molar-refractivity contribution is -0.138. The summed E-state index contributed by atoms with van der Waals surface area (Å²) in [5.74, 6) is -0.839. The number of nitrogens with zero attached hydrogens (tertiary/aromatic N) is 2. The highest BCUT2D eigenvalue weighted by Gasteiger charge is 2.33. The van der Waals surface area contributed by atoms with Crippen LogP contribution in [0.4, 0.5) is 13.2 Å². The minimum Gasteiger partial charge on any atom is -0.503 e. The molecule has 0 atom stereocenters. The van der Waals surface area contributed by atoms with Gasteiger partial charge in [-0.2, -0.15) is 13.2 Å². The predicted molar refractivity (Wildman–Crippen MR) is 136 cm³/mol. The number of aromatic nitrogens is 1. The Labute approximate surface area is 220 Å². The molecule has 0 bridgehead atoms. The maximum Gasteiger partial charge on any atom is 0.416 e. The zero-order valence-electron chi connectivity index (χ0n) is 20.9. The molecule has 8 nitrogen and oxygen atoms in total. The summed E-state index contributed by atoms with van der Waals surface area (Å²) in [6.45, 7) is 1.37. The van der Waals surface area contributed by atoms with E-state index in [-0.39, 0.29) is 24.4 Å². The number of ether oxygens (including phenoxy) is 2. The summed E-state index contributed by atoms with van der Waals surface area (Å²) in [5.41, 5.74) is 1.38. The van der Waals surface area contributed by atoms with Crippen LogP contribution in [-0.4, -0.2) is 29.1 Å². The summed E-state index contributed by atoms with van der Waals surface area (Å²) in [7, 11) is 1.36. The molecule has 0 aliphatic rings. The average Bonchev–Trinajstić information content (AvgIpc) is 3.34. The monoisotopic (exact) mass is 540 g/mol. The predicted octanol–water partition coefficient (Wildman–Crippen LogP) is 6.44. The standard InChI is InChI=1S/C28H23F3N2O6/c1-17(32-38-15-18-7-3-5-9-21(18)23(16-36-2)27(34)35)26-22-12-11-20(13-25(22)39-33-26)37-14-19-8-4-6-10-24(19)28(29,30)31/h3-13,16H,14-15H2,1-2H3,(H,34,35). The Morgan fingerprint density at radius 1 is 1.05 bits per heavy atom. The van der Waals surface area contributed by atoms with Crippen LogP contribution in [0.5, 0.6) is 5.75 Å². The summed E-state index contributed by atoms with van der Waals surface area (Å²) >= 11 is 0. The molecule has 0 fully saturated rings. The van der Waals surface area contributed by atoms with Crippen LogP contribution in [0.2, 0.25) is 0 Å². The average molecular weight is 540 g/mol. The highest BCUT2D eigenvalue weighted by Crippen LogP contribution is 2.33. The highest BCUT2D eigenvalue weighted by atomic mass is 19.4.